The molecule has 2 amide bonds. The molecule has 1 heterocycles. The molecule has 1 aliphatic rings. The van der Waals surface area contributed by atoms with Gasteiger partial charge in [-0.2, -0.15) is 0 Å². The maximum atomic E-state index is 14.0. The van der Waals surface area contributed by atoms with Crippen LogP contribution >= 0.6 is 0 Å². The van der Waals surface area contributed by atoms with Gasteiger partial charge in [0.1, 0.15) is 5.82 Å². The van der Waals surface area contributed by atoms with Crippen LogP contribution in [0.2, 0.25) is 0 Å². The van der Waals surface area contributed by atoms with E-state index in [0.29, 0.717) is 11.3 Å². The fourth-order valence-electron chi connectivity index (χ4n) is 3.23. The van der Waals surface area contributed by atoms with E-state index in [2.05, 4.69) is 5.32 Å². The molecular formula is C22H21FN2O5. The summed E-state index contributed by atoms with van der Waals surface area (Å²) >= 11 is 0. The fourth-order valence-corrected chi connectivity index (χ4v) is 3.23. The lowest BCUT2D eigenvalue weighted by Crippen LogP contribution is -2.33. The van der Waals surface area contributed by atoms with Crippen molar-refractivity contribution in [3.63, 3.8) is 0 Å². The summed E-state index contributed by atoms with van der Waals surface area (Å²) in [4.78, 5) is 50.0. The standard InChI is InChI=1S/C22H21FN2O5/c1-13(26)16-7-3-5-9-18(16)24-21(28)14(2)30-22(29)15-11-20(27)25(12-15)19-10-6-4-8-17(19)23/h3-10,14-15H,11-12H2,1-2H3,(H,24,28)/t14-,15+/m0/s1. The van der Waals surface area contributed by atoms with Gasteiger partial charge < -0.3 is 15.0 Å². The van der Waals surface area contributed by atoms with Crippen molar-refractivity contribution in [3.05, 3.63) is 59.9 Å². The molecule has 0 saturated carbocycles. The van der Waals surface area contributed by atoms with Crippen molar-refractivity contribution < 1.29 is 28.3 Å². The average Bonchev–Trinajstić information content (AvgIpc) is 3.10. The predicted octanol–water partition coefficient (Wildman–Crippen LogP) is 2.95. The lowest BCUT2D eigenvalue weighted by Gasteiger charge is -2.18. The zero-order chi connectivity index (χ0) is 21.8. The monoisotopic (exact) mass is 412 g/mol. The molecule has 8 heteroatoms. The van der Waals surface area contributed by atoms with Gasteiger partial charge in [0.15, 0.2) is 11.9 Å². The van der Waals surface area contributed by atoms with Crippen molar-refractivity contribution in [2.45, 2.75) is 26.4 Å². The molecule has 0 aliphatic carbocycles. The molecule has 3 rings (SSSR count). The summed E-state index contributed by atoms with van der Waals surface area (Å²) in [5.74, 6) is -3.30. The first-order valence-corrected chi connectivity index (χ1v) is 9.44. The van der Waals surface area contributed by atoms with Crippen molar-refractivity contribution in [2.24, 2.45) is 5.92 Å². The maximum Gasteiger partial charge on any atom is 0.312 e. The number of para-hydroxylation sites is 2. The topological polar surface area (TPSA) is 92.8 Å². The second-order valence-corrected chi connectivity index (χ2v) is 7.03. The number of halogens is 1. The molecule has 1 fully saturated rings. The quantitative estimate of drug-likeness (QED) is 0.582. The second kappa shape index (κ2) is 8.86. The van der Waals surface area contributed by atoms with Gasteiger partial charge in [0, 0.05) is 18.5 Å². The van der Waals surface area contributed by atoms with E-state index in [-0.39, 0.29) is 24.4 Å². The molecule has 0 unspecified atom stereocenters. The van der Waals surface area contributed by atoms with Gasteiger partial charge in [-0.15, -0.1) is 0 Å². The van der Waals surface area contributed by atoms with Crippen LogP contribution in [-0.4, -0.2) is 36.2 Å². The van der Waals surface area contributed by atoms with Crippen molar-refractivity contribution >= 4 is 34.9 Å². The summed E-state index contributed by atoms with van der Waals surface area (Å²) in [5.41, 5.74) is 0.760. The minimum atomic E-state index is -1.14. The highest BCUT2D eigenvalue weighted by atomic mass is 19.1. The largest absolute Gasteiger partial charge is 0.452 e. The molecule has 2 aromatic carbocycles. The maximum absolute atomic E-state index is 14.0. The molecule has 1 aliphatic heterocycles. The Kier molecular flexibility index (Phi) is 6.25. The Morgan fingerprint density at radius 2 is 1.80 bits per heavy atom. The first-order chi connectivity index (χ1) is 14.3. The molecule has 7 nitrogen and oxygen atoms in total. The molecular weight excluding hydrogens is 391 g/mol. The number of hydrogen-bond donors (Lipinski definition) is 1. The smallest absolute Gasteiger partial charge is 0.312 e. The van der Waals surface area contributed by atoms with Crippen LogP contribution in [0.1, 0.15) is 30.6 Å². The number of Topliss-reactive ketones (excluding diaryl/α,β-unsaturated/α-hetero) is 1. The molecule has 30 heavy (non-hydrogen) atoms. The molecule has 0 aromatic heterocycles. The van der Waals surface area contributed by atoms with E-state index in [0.717, 1.165) is 0 Å². The van der Waals surface area contributed by atoms with E-state index in [1.807, 2.05) is 0 Å². The number of hydrogen-bond acceptors (Lipinski definition) is 5. The number of anilines is 2. The van der Waals surface area contributed by atoms with Gasteiger partial charge in [0.25, 0.3) is 5.91 Å². The number of carbonyl (C=O) groups is 4. The number of nitrogens with one attached hydrogen (secondary N) is 1. The van der Waals surface area contributed by atoms with Crippen molar-refractivity contribution in [1.29, 1.82) is 0 Å². The van der Waals surface area contributed by atoms with Gasteiger partial charge in [0.05, 0.1) is 17.3 Å². The average molecular weight is 412 g/mol. The number of carbonyl (C=O) groups excluding carboxylic acids is 4. The van der Waals surface area contributed by atoms with Gasteiger partial charge in [-0.3, -0.25) is 19.2 Å². The zero-order valence-corrected chi connectivity index (χ0v) is 16.6. The number of rotatable bonds is 6. The number of benzene rings is 2. The summed E-state index contributed by atoms with van der Waals surface area (Å²) in [6.07, 6.45) is -1.27. The van der Waals surface area contributed by atoms with Crippen LogP contribution in [0, 0.1) is 11.7 Å². The highest BCUT2D eigenvalue weighted by Gasteiger charge is 2.38. The van der Waals surface area contributed by atoms with E-state index in [9.17, 15) is 23.6 Å². The van der Waals surface area contributed by atoms with Gasteiger partial charge >= 0.3 is 5.97 Å². The summed E-state index contributed by atoms with van der Waals surface area (Å²) in [6.45, 7) is 2.75. The lowest BCUT2D eigenvalue weighted by molar-refractivity contribution is -0.157. The first-order valence-electron chi connectivity index (χ1n) is 9.44. The van der Waals surface area contributed by atoms with Gasteiger partial charge in [-0.1, -0.05) is 24.3 Å². The van der Waals surface area contributed by atoms with Gasteiger partial charge in [-0.25, -0.2) is 4.39 Å². The number of amides is 2. The first kappa shape index (κ1) is 21.2. The van der Waals surface area contributed by atoms with Crippen LogP contribution in [0.5, 0.6) is 0 Å². The van der Waals surface area contributed by atoms with Crippen molar-refractivity contribution in [1.82, 2.24) is 0 Å². The molecule has 0 radical (unpaired) electrons. The fraction of sp³-hybridized carbons (Fsp3) is 0.273. The Morgan fingerprint density at radius 3 is 2.50 bits per heavy atom. The van der Waals surface area contributed by atoms with E-state index in [1.165, 1.54) is 36.9 Å². The third-order valence-electron chi connectivity index (χ3n) is 4.83. The van der Waals surface area contributed by atoms with Crippen LogP contribution < -0.4 is 10.2 Å². The Bertz CT molecular complexity index is 1010. The van der Waals surface area contributed by atoms with Gasteiger partial charge in [0.2, 0.25) is 5.91 Å². The van der Waals surface area contributed by atoms with E-state index < -0.39 is 35.6 Å². The summed E-state index contributed by atoms with van der Waals surface area (Å²) in [6, 6.07) is 12.3. The third kappa shape index (κ3) is 4.53. The Morgan fingerprint density at radius 1 is 1.13 bits per heavy atom. The van der Waals surface area contributed by atoms with Crippen LogP contribution in [0.3, 0.4) is 0 Å². The molecule has 156 valence electrons. The number of ether oxygens (including phenoxy) is 1. The summed E-state index contributed by atoms with van der Waals surface area (Å²) in [7, 11) is 0. The molecule has 0 spiro atoms. The molecule has 1 saturated heterocycles. The van der Waals surface area contributed by atoms with E-state index in [1.54, 1.807) is 30.3 Å². The number of nitrogens with zero attached hydrogens (tertiary/aromatic N) is 1. The van der Waals surface area contributed by atoms with Crippen molar-refractivity contribution in [2.75, 3.05) is 16.8 Å². The van der Waals surface area contributed by atoms with Crippen LogP contribution in [0.25, 0.3) is 0 Å². The lowest BCUT2D eigenvalue weighted by atomic mass is 10.1. The predicted molar refractivity (Wildman–Crippen MR) is 107 cm³/mol. The number of esters is 1. The van der Waals surface area contributed by atoms with Crippen molar-refractivity contribution in [3.8, 4) is 0 Å². The van der Waals surface area contributed by atoms with E-state index in [4.69, 9.17) is 4.74 Å². The van der Waals surface area contributed by atoms with Crippen LogP contribution in [0.4, 0.5) is 15.8 Å². The minimum Gasteiger partial charge on any atom is -0.452 e. The summed E-state index contributed by atoms with van der Waals surface area (Å²) in [5, 5.41) is 2.57. The Hall–Kier alpha value is -3.55. The Labute approximate surface area is 172 Å². The molecule has 2 aromatic rings. The van der Waals surface area contributed by atoms with Crippen LogP contribution in [-0.2, 0) is 19.1 Å². The van der Waals surface area contributed by atoms with Gasteiger partial charge in [-0.05, 0) is 38.1 Å². The molecule has 0 bridgehead atoms. The normalized spacial score (nSPS) is 16.8. The third-order valence-corrected chi connectivity index (χ3v) is 4.83. The zero-order valence-electron chi connectivity index (χ0n) is 16.6. The molecule has 1 N–H and O–H groups in total. The van der Waals surface area contributed by atoms with Crippen LogP contribution in [0.15, 0.2) is 48.5 Å². The highest BCUT2D eigenvalue weighted by molar-refractivity contribution is 6.05. The SMILES string of the molecule is CC(=O)c1ccccc1NC(=O)[C@H](C)OC(=O)[C@@H]1CC(=O)N(c2ccccc2F)C1. The Balaban J connectivity index is 1.62. The second-order valence-electron chi connectivity index (χ2n) is 7.03. The summed E-state index contributed by atoms with van der Waals surface area (Å²) < 4.78 is 19.2. The number of ketones is 1. The van der Waals surface area contributed by atoms with E-state index >= 15 is 0 Å². The highest BCUT2D eigenvalue weighted by Crippen LogP contribution is 2.28. The minimum absolute atomic E-state index is 0.0277. The molecule has 2 atom stereocenters.